The Morgan fingerprint density at radius 3 is 2.67 bits per heavy atom. The summed E-state index contributed by atoms with van der Waals surface area (Å²) in [5.74, 6) is 4.35. The summed E-state index contributed by atoms with van der Waals surface area (Å²) in [6, 6.07) is -0.632. The first-order valence-corrected chi connectivity index (χ1v) is 9.87. The normalized spacial score (nSPS) is 23.0. The van der Waals surface area contributed by atoms with Crippen LogP contribution in [0, 0.1) is 17.8 Å². The summed E-state index contributed by atoms with van der Waals surface area (Å²) < 4.78 is 4.67. The van der Waals surface area contributed by atoms with Crippen LogP contribution in [0.15, 0.2) is 0 Å². The Labute approximate surface area is 180 Å². The Morgan fingerprint density at radius 1 is 1.30 bits per heavy atom. The number of nitrogens with two attached hydrogens (primary N) is 2. The number of methoxy groups -OCH3 is 1. The van der Waals surface area contributed by atoms with Gasteiger partial charge in [0.05, 0.1) is 19.3 Å². The Bertz CT molecular complexity index is 1020. The highest BCUT2D eigenvalue weighted by atomic mass is 35.5. The maximum absolute atomic E-state index is 11.8. The molecule has 0 radical (unpaired) electrons. The number of aromatic nitrogens is 3. The van der Waals surface area contributed by atoms with E-state index in [9.17, 15) is 20.1 Å². The van der Waals surface area contributed by atoms with Gasteiger partial charge in [-0.2, -0.15) is 9.97 Å². The highest BCUT2D eigenvalue weighted by Crippen LogP contribution is 2.31. The lowest BCUT2D eigenvalue weighted by molar-refractivity contribution is 0.00445. The number of rotatable bonds is 4. The third-order valence-corrected chi connectivity index (χ3v) is 5.64. The van der Waals surface area contributed by atoms with Gasteiger partial charge < -0.3 is 36.8 Å². The molecule has 2 aromatic rings. The Hall–Kier alpha value is -2.69. The van der Waals surface area contributed by atoms with Crippen LogP contribution in [0.2, 0.25) is 5.15 Å². The van der Waals surface area contributed by atoms with E-state index < -0.39 is 30.1 Å². The molecule has 1 aliphatic rings. The summed E-state index contributed by atoms with van der Waals surface area (Å²) in [4.78, 5) is 24.0. The lowest BCUT2D eigenvalue weighted by atomic mass is 10.1. The number of ether oxygens (including phenoxy) is 1. The minimum Gasteiger partial charge on any atom is -0.464 e. The highest BCUT2D eigenvalue weighted by Gasteiger charge is 2.41. The summed E-state index contributed by atoms with van der Waals surface area (Å²) in [5.41, 5.74) is 11.5. The van der Waals surface area contributed by atoms with Gasteiger partial charge in [-0.05, 0) is 12.3 Å². The zero-order valence-electron chi connectivity index (χ0n) is 15.7. The van der Waals surface area contributed by atoms with E-state index in [4.69, 9.17) is 23.1 Å². The van der Waals surface area contributed by atoms with Gasteiger partial charge in [0.2, 0.25) is 5.95 Å². The molecule has 0 aliphatic heterocycles. The molecule has 30 heavy (non-hydrogen) atoms. The van der Waals surface area contributed by atoms with Gasteiger partial charge in [-0.15, -0.1) is 0 Å². The first-order valence-electron chi connectivity index (χ1n) is 8.68. The van der Waals surface area contributed by atoms with Crippen molar-refractivity contribution in [2.75, 3.05) is 30.5 Å². The SMILES string of the molecule is COC(=O)c1nc(N)sc1C#Cc1c(Cl)nc(N)nc1N[C@@H]1C[C@H](CO)[C@@H](O)[C@H]1O. The molecule has 0 bridgehead atoms. The lowest BCUT2D eigenvalue weighted by Crippen LogP contribution is -2.35. The summed E-state index contributed by atoms with van der Waals surface area (Å²) in [7, 11) is 1.21. The lowest BCUT2D eigenvalue weighted by Gasteiger charge is -2.19. The Balaban J connectivity index is 1.97. The van der Waals surface area contributed by atoms with Crippen molar-refractivity contribution in [1.82, 2.24) is 15.0 Å². The van der Waals surface area contributed by atoms with Crippen molar-refractivity contribution >= 4 is 45.8 Å². The molecule has 160 valence electrons. The molecule has 0 amide bonds. The zero-order chi connectivity index (χ0) is 22.0. The van der Waals surface area contributed by atoms with Gasteiger partial charge in [0.15, 0.2) is 16.0 Å². The van der Waals surface area contributed by atoms with Crippen molar-refractivity contribution in [3.8, 4) is 11.8 Å². The fourth-order valence-corrected chi connectivity index (χ4v) is 3.96. The fourth-order valence-electron chi connectivity index (χ4n) is 3.06. The summed E-state index contributed by atoms with van der Waals surface area (Å²) in [6.07, 6.45) is -1.96. The molecule has 1 fully saturated rings. The Morgan fingerprint density at radius 2 is 2.03 bits per heavy atom. The van der Waals surface area contributed by atoms with Gasteiger partial charge in [0, 0.05) is 12.5 Å². The predicted molar refractivity (Wildman–Crippen MR) is 110 cm³/mol. The molecule has 3 rings (SSSR count). The number of esters is 1. The monoisotopic (exact) mass is 454 g/mol. The number of nitrogens with zero attached hydrogens (tertiary/aromatic N) is 3. The standard InChI is InChI=1S/C17H19ClN6O5S/c1-29-15(28)10-9(30-17(20)22-10)3-2-7-13(18)23-16(19)24-14(7)21-8-4-6(5-25)11(26)12(8)27/h6,8,11-12,25-27H,4-5H2,1H3,(H2,20,22)(H3,19,21,23,24)/t6-,8-,11-,12+/m1/s1. The van der Waals surface area contributed by atoms with Crippen LogP contribution in [-0.2, 0) is 4.74 Å². The number of carbonyl (C=O) groups excluding carboxylic acids is 1. The van der Waals surface area contributed by atoms with Crippen LogP contribution in [0.25, 0.3) is 0 Å². The number of thiazole rings is 1. The second-order valence-corrected chi connectivity index (χ2v) is 7.87. The third kappa shape index (κ3) is 4.40. The van der Waals surface area contributed by atoms with Crippen LogP contribution in [0.4, 0.5) is 16.9 Å². The molecule has 0 spiro atoms. The number of aliphatic hydroxyl groups excluding tert-OH is 3. The van der Waals surface area contributed by atoms with Gasteiger partial charge in [-0.1, -0.05) is 28.9 Å². The predicted octanol–water partition coefficient (Wildman–Crippen LogP) is -0.548. The van der Waals surface area contributed by atoms with Crippen LogP contribution in [0.3, 0.4) is 0 Å². The fraction of sp³-hybridized carbons (Fsp3) is 0.412. The van der Waals surface area contributed by atoms with Crippen molar-refractivity contribution in [3.05, 3.63) is 21.3 Å². The first-order chi connectivity index (χ1) is 14.2. The van der Waals surface area contributed by atoms with Crippen LogP contribution in [0.5, 0.6) is 0 Å². The molecule has 8 N–H and O–H groups in total. The molecular formula is C17H19ClN6O5S. The van der Waals surface area contributed by atoms with Crippen LogP contribution in [0.1, 0.15) is 27.3 Å². The smallest absolute Gasteiger partial charge is 0.358 e. The van der Waals surface area contributed by atoms with Gasteiger partial charge in [0.25, 0.3) is 0 Å². The molecule has 1 aliphatic carbocycles. The molecule has 11 nitrogen and oxygen atoms in total. The van der Waals surface area contributed by atoms with E-state index in [0.29, 0.717) is 0 Å². The molecule has 0 saturated heterocycles. The average Bonchev–Trinajstić information content (AvgIpc) is 3.20. The second-order valence-electron chi connectivity index (χ2n) is 6.48. The summed E-state index contributed by atoms with van der Waals surface area (Å²) in [6.45, 7) is -0.279. The van der Waals surface area contributed by atoms with E-state index >= 15 is 0 Å². The largest absolute Gasteiger partial charge is 0.464 e. The van der Waals surface area contributed by atoms with Crippen LogP contribution in [-0.4, -0.2) is 68.2 Å². The van der Waals surface area contributed by atoms with E-state index in [1.54, 1.807) is 0 Å². The molecule has 0 aromatic carbocycles. The number of nitrogen functional groups attached to an aromatic ring is 2. The third-order valence-electron chi connectivity index (χ3n) is 4.56. The van der Waals surface area contributed by atoms with E-state index in [1.807, 2.05) is 0 Å². The molecule has 1 saturated carbocycles. The van der Waals surface area contributed by atoms with E-state index in [-0.39, 0.29) is 51.2 Å². The Kier molecular flexibility index (Phi) is 6.59. The van der Waals surface area contributed by atoms with Gasteiger partial charge in [-0.3, -0.25) is 0 Å². The quantitative estimate of drug-likeness (QED) is 0.197. The average molecular weight is 455 g/mol. The highest BCUT2D eigenvalue weighted by molar-refractivity contribution is 7.16. The van der Waals surface area contributed by atoms with E-state index in [2.05, 4.69) is 36.8 Å². The maximum Gasteiger partial charge on any atom is 0.358 e. The van der Waals surface area contributed by atoms with Crippen LogP contribution >= 0.6 is 22.9 Å². The topological polar surface area (TPSA) is 190 Å². The van der Waals surface area contributed by atoms with Crippen molar-refractivity contribution in [2.24, 2.45) is 5.92 Å². The molecule has 0 unspecified atom stereocenters. The molecule has 2 aromatic heterocycles. The molecular weight excluding hydrogens is 436 g/mol. The van der Waals surface area contributed by atoms with Crippen molar-refractivity contribution < 1.29 is 24.9 Å². The van der Waals surface area contributed by atoms with Gasteiger partial charge in [0.1, 0.15) is 22.4 Å². The summed E-state index contributed by atoms with van der Waals surface area (Å²) >= 11 is 7.18. The number of aliphatic hydroxyl groups is 3. The minimum atomic E-state index is -1.15. The van der Waals surface area contributed by atoms with Crippen molar-refractivity contribution in [3.63, 3.8) is 0 Å². The van der Waals surface area contributed by atoms with Gasteiger partial charge in [-0.25, -0.2) is 9.78 Å². The number of halogens is 1. The zero-order valence-corrected chi connectivity index (χ0v) is 17.2. The van der Waals surface area contributed by atoms with Gasteiger partial charge >= 0.3 is 5.97 Å². The van der Waals surface area contributed by atoms with Crippen molar-refractivity contribution in [1.29, 1.82) is 0 Å². The number of hydrogen-bond donors (Lipinski definition) is 6. The minimum absolute atomic E-state index is 0.0328. The van der Waals surface area contributed by atoms with E-state index in [1.165, 1.54) is 7.11 Å². The molecule has 13 heteroatoms. The van der Waals surface area contributed by atoms with Crippen molar-refractivity contribution in [2.45, 2.75) is 24.7 Å². The van der Waals surface area contributed by atoms with Crippen LogP contribution < -0.4 is 16.8 Å². The number of hydrogen-bond acceptors (Lipinski definition) is 12. The maximum atomic E-state index is 11.8. The summed E-state index contributed by atoms with van der Waals surface area (Å²) in [5, 5.41) is 32.7. The first kappa shape index (κ1) is 22.0. The molecule has 4 atom stereocenters. The number of anilines is 3. The second kappa shape index (κ2) is 8.99. The molecule has 2 heterocycles. The van der Waals surface area contributed by atoms with E-state index in [0.717, 1.165) is 11.3 Å². The number of carbonyl (C=O) groups is 1. The number of nitrogens with one attached hydrogen (secondary N) is 1.